The highest BCUT2D eigenvalue weighted by Crippen LogP contribution is 2.26. The lowest BCUT2D eigenvalue weighted by Gasteiger charge is -2.23. The smallest absolute Gasteiger partial charge is 0.357 e. The normalized spacial score (nSPS) is 10.7. The molecule has 0 saturated heterocycles. The van der Waals surface area contributed by atoms with Crippen LogP contribution in [0.1, 0.15) is 28.5 Å². The average Bonchev–Trinajstić information content (AvgIpc) is 3.52. The van der Waals surface area contributed by atoms with E-state index < -0.39 is 5.97 Å². The molecule has 164 valence electrons. The molecule has 8 heteroatoms. The van der Waals surface area contributed by atoms with Crippen molar-refractivity contribution < 1.29 is 14.3 Å². The fraction of sp³-hybridized carbons (Fsp3) is 0.208. The molecular formula is C24H24N4O3S. The molecule has 0 radical (unpaired) electrons. The van der Waals surface area contributed by atoms with Crippen molar-refractivity contribution in [2.24, 2.45) is 0 Å². The zero-order chi connectivity index (χ0) is 22.3. The Bertz CT molecular complexity index is 1170. The van der Waals surface area contributed by atoms with E-state index >= 15 is 0 Å². The van der Waals surface area contributed by atoms with Crippen molar-refractivity contribution in [1.29, 1.82) is 0 Å². The zero-order valence-electron chi connectivity index (χ0n) is 18.0. The summed E-state index contributed by atoms with van der Waals surface area (Å²) in [5.41, 5.74) is 3.50. The van der Waals surface area contributed by atoms with Crippen molar-refractivity contribution in [2.45, 2.75) is 20.0 Å². The predicted molar refractivity (Wildman–Crippen MR) is 125 cm³/mol. The van der Waals surface area contributed by atoms with Gasteiger partial charge in [0.2, 0.25) is 0 Å². The van der Waals surface area contributed by atoms with Crippen LogP contribution in [0.5, 0.6) is 5.75 Å². The number of hydrogen-bond donors (Lipinski definition) is 0. The summed E-state index contributed by atoms with van der Waals surface area (Å²) in [5.74, 6) is 0.395. The van der Waals surface area contributed by atoms with Crippen LogP contribution >= 0.6 is 11.3 Å². The minimum Gasteiger partial charge on any atom is -0.497 e. The van der Waals surface area contributed by atoms with Crippen molar-refractivity contribution in [1.82, 2.24) is 14.8 Å². The maximum atomic E-state index is 12.1. The maximum Gasteiger partial charge on any atom is 0.357 e. The van der Waals surface area contributed by atoms with Crippen LogP contribution in [0.4, 0.5) is 5.13 Å². The lowest BCUT2D eigenvalue weighted by Crippen LogP contribution is -2.22. The van der Waals surface area contributed by atoms with E-state index in [1.807, 2.05) is 47.3 Å². The summed E-state index contributed by atoms with van der Waals surface area (Å²) in [4.78, 5) is 18.8. The van der Waals surface area contributed by atoms with Crippen LogP contribution in [0.3, 0.4) is 0 Å². The van der Waals surface area contributed by atoms with E-state index in [2.05, 4.69) is 33.2 Å². The summed E-state index contributed by atoms with van der Waals surface area (Å²) in [6.07, 6.45) is 3.67. The number of aromatic nitrogens is 3. The fourth-order valence-corrected chi connectivity index (χ4v) is 4.13. The Morgan fingerprint density at radius 3 is 2.59 bits per heavy atom. The standard InChI is InChI=1S/C24H24N4O3S/c1-3-31-23(29)22-17-32-24(26-22)27(16-19-8-5-10-21(14-19)30-2)15-18-7-4-9-20(13-18)28-12-6-11-25-28/h4-14,17H,3,15-16H2,1-2H3. The van der Waals surface area contributed by atoms with Gasteiger partial charge >= 0.3 is 5.97 Å². The van der Waals surface area contributed by atoms with Gasteiger partial charge in [0.1, 0.15) is 5.75 Å². The van der Waals surface area contributed by atoms with Crippen molar-refractivity contribution >= 4 is 22.4 Å². The monoisotopic (exact) mass is 448 g/mol. The molecule has 0 bridgehead atoms. The van der Waals surface area contributed by atoms with Crippen LogP contribution in [0, 0.1) is 0 Å². The zero-order valence-corrected chi connectivity index (χ0v) is 18.8. The van der Waals surface area contributed by atoms with Gasteiger partial charge in [-0.05, 0) is 48.4 Å². The van der Waals surface area contributed by atoms with Crippen molar-refractivity contribution in [3.63, 3.8) is 0 Å². The molecule has 0 aliphatic heterocycles. The minimum atomic E-state index is -0.406. The molecule has 0 N–H and O–H groups in total. The Morgan fingerprint density at radius 1 is 1.09 bits per heavy atom. The van der Waals surface area contributed by atoms with Crippen LogP contribution in [0.2, 0.25) is 0 Å². The summed E-state index contributed by atoms with van der Waals surface area (Å²) in [5, 5.41) is 6.81. The highest BCUT2D eigenvalue weighted by molar-refractivity contribution is 7.13. The van der Waals surface area contributed by atoms with Gasteiger partial charge in [-0.25, -0.2) is 14.5 Å². The van der Waals surface area contributed by atoms with Crippen LogP contribution in [0.15, 0.2) is 72.4 Å². The molecule has 2 aromatic heterocycles. The number of thiazole rings is 1. The van der Waals surface area contributed by atoms with E-state index in [-0.39, 0.29) is 0 Å². The van der Waals surface area contributed by atoms with Crippen molar-refractivity contribution in [2.75, 3.05) is 18.6 Å². The number of carbonyl (C=O) groups excluding carboxylic acids is 1. The van der Waals surface area contributed by atoms with E-state index in [0.29, 0.717) is 25.4 Å². The van der Waals surface area contributed by atoms with Crippen molar-refractivity contribution in [3.05, 3.63) is 89.2 Å². The third kappa shape index (κ3) is 5.15. The minimum absolute atomic E-state index is 0.319. The number of nitrogens with zero attached hydrogens (tertiary/aromatic N) is 4. The number of ether oxygens (including phenoxy) is 2. The molecule has 0 fully saturated rings. The molecule has 2 heterocycles. The lowest BCUT2D eigenvalue weighted by atomic mass is 10.1. The van der Waals surface area contributed by atoms with Gasteiger partial charge in [0.15, 0.2) is 10.8 Å². The first-order valence-corrected chi connectivity index (χ1v) is 11.1. The van der Waals surface area contributed by atoms with E-state index in [0.717, 1.165) is 27.7 Å². The third-order valence-electron chi connectivity index (χ3n) is 4.81. The molecule has 4 aromatic rings. The highest BCUT2D eigenvalue weighted by atomic mass is 32.1. The number of rotatable bonds is 9. The number of carbonyl (C=O) groups is 1. The second kappa shape index (κ2) is 10.1. The molecule has 32 heavy (non-hydrogen) atoms. The van der Waals surface area contributed by atoms with Gasteiger partial charge in [0.05, 0.1) is 19.4 Å². The van der Waals surface area contributed by atoms with Crippen molar-refractivity contribution in [3.8, 4) is 11.4 Å². The van der Waals surface area contributed by atoms with Crippen LogP contribution in [0.25, 0.3) is 5.69 Å². The molecule has 0 aliphatic rings. The molecular weight excluding hydrogens is 424 g/mol. The predicted octanol–water partition coefficient (Wildman–Crippen LogP) is 4.72. The molecule has 0 unspecified atom stereocenters. The Hall–Kier alpha value is -3.65. The first-order chi connectivity index (χ1) is 15.7. The molecule has 0 saturated carbocycles. The first kappa shape index (κ1) is 21.6. The van der Waals surface area contributed by atoms with Gasteiger partial charge in [-0.15, -0.1) is 11.3 Å². The lowest BCUT2D eigenvalue weighted by molar-refractivity contribution is 0.0520. The molecule has 4 rings (SSSR count). The van der Waals surface area contributed by atoms with Crippen LogP contribution < -0.4 is 9.64 Å². The third-order valence-corrected chi connectivity index (χ3v) is 5.71. The van der Waals surface area contributed by atoms with Gasteiger partial charge < -0.3 is 14.4 Å². The van der Waals surface area contributed by atoms with E-state index in [1.165, 1.54) is 11.3 Å². The Kier molecular flexibility index (Phi) is 6.81. The van der Waals surface area contributed by atoms with Gasteiger partial charge in [0.25, 0.3) is 0 Å². The molecule has 0 atom stereocenters. The summed E-state index contributed by atoms with van der Waals surface area (Å²) in [6, 6.07) is 18.1. The van der Waals surface area contributed by atoms with Crippen LogP contribution in [-0.4, -0.2) is 34.5 Å². The number of esters is 1. The van der Waals surface area contributed by atoms with E-state index in [9.17, 15) is 4.79 Å². The maximum absolute atomic E-state index is 12.1. The number of anilines is 1. The average molecular weight is 449 g/mol. The Balaban J connectivity index is 1.63. The largest absolute Gasteiger partial charge is 0.497 e. The van der Waals surface area contributed by atoms with Gasteiger partial charge in [-0.2, -0.15) is 5.10 Å². The summed E-state index contributed by atoms with van der Waals surface area (Å²) in [7, 11) is 1.66. The van der Waals surface area contributed by atoms with Gasteiger partial charge in [-0.1, -0.05) is 24.3 Å². The number of hydrogen-bond acceptors (Lipinski definition) is 7. The van der Waals surface area contributed by atoms with Gasteiger partial charge in [-0.3, -0.25) is 0 Å². The summed E-state index contributed by atoms with van der Waals surface area (Å²) < 4.78 is 12.3. The fourth-order valence-electron chi connectivity index (χ4n) is 3.33. The van der Waals surface area contributed by atoms with Crippen LogP contribution in [-0.2, 0) is 17.8 Å². The first-order valence-electron chi connectivity index (χ1n) is 10.3. The number of benzene rings is 2. The van der Waals surface area contributed by atoms with Gasteiger partial charge in [0, 0.05) is 30.9 Å². The molecule has 0 aliphatic carbocycles. The van der Waals surface area contributed by atoms with E-state index in [4.69, 9.17) is 9.47 Å². The summed E-state index contributed by atoms with van der Waals surface area (Å²) in [6.45, 7) is 3.33. The molecule has 0 amide bonds. The highest BCUT2D eigenvalue weighted by Gasteiger charge is 2.17. The SMILES string of the molecule is CCOC(=O)c1csc(N(Cc2cccc(OC)c2)Cc2cccc(-n3cccn3)c2)n1. The molecule has 2 aromatic carbocycles. The Morgan fingerprint density at radius 2 is 1.88 bits per heavy atom. The second-order valence-corrected chi connectivity index (χ2v) is 7.90. The summed E-state index contributed by atoms with van der Waals surface area (Å²) >= 11 is 1.43. The number of methoxy groups -OCH3 is 1. The van der Waals surface area contributed by atoms with E-state index in [1.54, 1.807) is 25.6 Å². The molecule has 7 nitrogen and oxygen atoms in total. The molecule has 0 spiro atoms. The quantitative estimate of drug-likeness (QED) is 0.345. The Labute approximate surface area is 190 Å². The second-order valence-electron chi connectivity index (χ2n) is 7.06. The topological polar surface area (TPSA) is 69.5 Å².